The third-order valence-electron chi connectivity index (χ3n) is 3.70. The summed E-state index contributed by atoms with van der Waals surface area (Å²) in [6, 6.07) is 4.57. The topological polar surface area (TPSA) is 51.4 Å². The van der Waals surface area contributed by atoms with Crippen LogP contribution < -0.4 is 10.5 Å². The maximum absolute atomic E-state index is 5.76. The second-order valence-corrected chi connectivity index (χ2v) is 5.26. The van der Waals surface area contributed by atoms with Gasteiger partial charge in [-0.15, -0.1) is 0 Å². The van der Waals surface area contributed by atoms with Gasteiger partial charge >= 0.3 is 0 Å². The summed E-state index contributed by atoms with van der Waals surface area (Å²) in [4.78, 5) is 7.03. The van der Waals surface area contributed by atoms with Crippen LogP contribution in [0, 0.1) is 12.8 Å². The standard InChI is InChI=1S/C14H23N3O/c1-10-4-14(18-3)6-13(16-10)9-17-8-12(7-15)5-11(17)2/h4,6,11-12H,5,7-9,15H2,1-3H3. The SMILES string of the molecule is COc1cc(C)nc(CN2CC(CN)CC2C)c1. The molecule has 1 aliphatic heterocycles. The first kappa shape index (κ1) is 13.3. The van der Waals surface area contributed by atoms with Gasteiger partial charge in [0.25, 0.3) is 0 Å². The van der Waals surface area contributed by atoms with Gasteiger partial charge in [0.05, 0.1) is 12.8 Å². The van der Waals surface area contributed by atoms with Gasteiger partial charge in [0.2, 0.25) is 0 Å². The van der Waals surface area contributed by atoms with Crippen LogP contribution in [-0.4, -0.2) is 36.1 Å². The van der Waals surface area contributed by atoms with Gasteiger partial charge in [-0.1, -0.05) is 0 Å². The quantitative estimate of drug-likeness (QED) is 0.880. The van der Waals surface area contributed by atoms with Crippen molar-refractivity contribution in [2.45, 2.75) is 32.9 Å². The van der Waals surface area contributed by atoms with E-state index in [0.717, 1.165) is 36.8 Å². The zero-order chi connectivity index (χ0) is 13.1. The number of nitrogens with two attached hydrogens (primary N) is 1. The van der Waals surface area contributed by atoms with Gasteiger partial charge in [-0.25, -0.2) is 0 Å². The van der Waals surface area contributed by atoms with E-state index >= 15 is 0 Å². The fourth-order valence-electron chi connectivity index (χ4n) is 2.72. The molecular weight excluding hydrogens is 226 g/mol. The second-order valence-electron chi connectivity index (χ2n) is 5.26. The fraction of sp³-hybridized carbons (Fsp3) is 0.643. The first-order chi connectivity index (χ1) is 8.62. The molecule has 0 radical (unpaired) electrons. The largest absolute Gasteiger partial charge is 0.497 e. The average Bonchev–Trinajstić information content (AvgIpc) is 2.69. The van der Waals surface area contributed by atoms with Crippen molar-refractivity contribution in [2.24, 2.45) is 11.7 Å². The minimum Gasteiger partial charge on any atom is -0.497 e. The van der Waals surface area contributed by atoms with E-state index < -0.39 is 0 Å². The van der Waals surface area contributed by atoms with Crippen molar-refractivity contribution in [3.05, 3.63) is 23.5 Å². The number of methoxy groups -OCH3 is 1. The lowest BCUT2D eigenvalue weighted by molar-refractivity contribution is 0.252. The molecule has 2 heterocycles. The Morgan fingerprint density at radius 1 is 1.50 bits per heavy atom. The molecule has 0 amide bonds. The van der Waals surface area contributed by atoms with E-state index in [-0.39, 0.29) is 0 Å². The fourth-order valence-corrected chi connectivity index (χ4v) is 2.72. The summed E-state index contributed by atoms with van der Waals surface area (Å²) >= 11 is 0. The molecule has 1 aliphatic rings. The van der Waals surface area contributed by atoms with Gasteiger partial charge in [0, 0.05) is 37.0 Å². The van der Waals surface area contributed by atoms with E-state index in [4.69, 9.17) is 10.5 Å². The molecule has 1 fully saturated rings. The number of ether oxygens (including phenoxy) is 1. The summed E-state index contributed by atoms with van der Waals surface area (Å²) in [7, 11) is 1.70. The van der Waals surface area contributed by atoms with Gasteiger partial charge < -0.3 is 10.5 Å². The molecule has 0 aliphatic carbocycles. The van der Waals surface area contributed by atoms with E-state index in [1.54, 1.807) is 7.11 Å². The molecule has 2 atom stereocenters. The van der Waals surface area contributed by atoms with Gasteiger partial charge in [-0.2, -0.15) is 0 Å². The Balaban J connectivity index is 2.07. The number of nitrogens with zero attached hydrogens (tertiary/aromatic N) is 2. The number of likely N-dealkylation sites (tertiary alicyclic amines) is 1. The number of aryl methyl sites for hydroxylation is 1. The molecule has 0 bridgehead atoms. The number of rotatable bonds is 4. The zero-order valence-electron chi connectivity index (χ0n) is 11.5. The highest BCUT2D eigenvalue weighted by Gasteiger charge is 2.28. The molecular formula is C14H23N3O. The molecule has 4 heteroatoms. The number of pyridine rings is 1. The molecule has 0 aromatic carbocycles. The Kier molecular flexibility index (Phi) is 4.19. The average molecular weight is 249 g/mol. The van der Waals surface area contributed by atoms with Crippen LogP contribution in [0.4, 0.5) is 0 Å². The van der Waals surface area contributed by atoms with Crippen molar-refractivity contribution in [1.82, 2.24) is 9.88 Å². The zero-order valence-corrected chi connectivity index (χ0v) is 11.5. The summed E-state index contributed by atoms with van der Waals surface area (Å²) < 4.78 is 5.29. The lowest BCUT2D eigenvalue weighted by atomic mass is 10.1. The van der Waals surface area contributed by atoms with E-state index in [1.165, 1.54) is 6.42 Å². The van der Waals surface area contributed by atoms with Crippen molar-refractivity contribution < 1.29 is 4.74 Å². The summed E-state index contributed by atoms with van der Waals surface area (Å²) in [5.74, 6) is 1.52. The highest BCUT2D eigenvalue weighted by molar-refractivity contribution is 5.26. The predicted octanol–water partition coefficient (Wildman–Crippen LogP) is 1.57. The molecule has 18 heavy (non-hydrogen) atoms. The van der Waals surface area contributed by atoms with Crippen LogP contribution in [-0.2, 0) is 6.54 Å². The molecule has 2 rings (SSSR count). The normalized spacial score (nSPS) is 24.4. The monoisotopic (exact) mass is 249 g/mol. The Bertz CT molecular complexity index is 408. The molecule has 1 aromatic rings. The predicted molar refractivity (Wildman–Crippen MR) is 72.6 cm³/mol. The molecule has 4 nitrogen and oxygen atoms in total. The Hall–Kier alpha value is -1.13. The van der Waals surface area contributed by atoms with Crippen molar-refractivity contribution >= 4 is 0 Å². The molecule has 0 saturated carbocycles. The van der Waals surface area contributed by atoms with Crippen LogP contribution in [0.2, 0.25) is 0 Å². The number of hydrogen-bond acceptors (Lipinski definition) is 4. The highest BCUT2D eigenvalue weighted by Crippen LogP contribution is 2.24. The number of hydrogen-bond donors (Lipinski definition) is 1. The smallest absolute Gasteiger partial charge is 0.122 e. The van der Waals surface area contributed by atoms with Crippen LogP contribution in [0.15, 0.2) is 12.1 Å². The number of aromatic nitrogens is 1. The molecule has 2 N–H and O–H groups in total. The minimum absolute atomic E-state index is 0.590. The van der Waals surface area contributed by atoms with Crippen molar-refractivity contribution in [3.63, 3.8) is 0 Å². The minimum atomic E-state index is 0.590. The van der Waals surface area contributed by atoms with Crippen LogP contribution in [0.1, 0.15) is 24.7 Å². The van der Waals surface area contributed by atoms with Gasteiger partial charge in [-0.3, -0.25) is 9.88 Å². The van der Waals surface area contributed by atoms with Crippen LogP contribution in [0.3, 0.4) is 0 Å². The van der Waals surface area contributed by atoms with Gasteiger partial charge in [-0.05, 0) is 32.7 Å². The van der Waals surface area contributed by atoms with Crippen LogP contribution in [0.5, 0.6) is 5.75 Å². The summed E-state index contributed by atoms with van der Waals surface area (Å²) in [6.45, 7) is 7.02. The second kappa shape index (κ2) is 5.67. The molecule has 1 aromatic heterocycles. The van der Waals surface area contributed by atoms with E-state index in [1.807, 2.05) is 19.1 Å². The molecule has 0 spiro atoms. The van der Waals surface area contributed by atoms with E-state index in [9.17, 15) is 0 Å². The Morgan fingerprint density at radius 2 is 2.28 bits per heavy atom. The van der Waals surface area contributed by atoms with Crippen LogP contribution >= 0.6 is 0 Å². The third-order valence-corrected chi connectivity index (χ3v) is 3.70. The van der Waals surface area contributed by atoms with Crippen molar-refractivity contribution in [1.29, 1.82) is 0 Å². The summed E-state index contributed by atoms with van der Waals surface area (Å²) in [5, 5.41) is 0. The molecule has 1 saturated heterocycles. The van der Waals surface area contributed by atoms with Crippen LogP contribution in [0.25, 0.3) is 0 Å². The lowest BCUT2D eigenvalue weighted by Gasteiger charge is -2.21. The molecule has 2 unspecified atom stereocenters. The first-order valence-corrected chi connectivity index (χ1v) is 6.58. The van der Waals surface area contributed by atoms with Gasteiger partial charge in [0.1, 0.15) is 5.75 Å². The summed E-state index contributed by atoms with van der Waals surface area (Å²) in [5.41, 5.74) is 7.85. The van der Waals surface area contributed by atoms with Crippen molar-refractivity contribution in [2.75, 3.05) is 20.2 Å². The van der Waals surface area contributed by atoms with E-state index in [0.29, 0.717) is 12.0 Å². The van der Waals surface area contributed by atoms with Crippen molar-refractivity contribution in [3.8, 4) is 5.75 Å². The maximum Gasteiger partial charge on any atom is 0.122 e. The Labute approximate surface area is 109 Å². The molecule has 100 valence electrons. The maximum atomic E-state index is 5.76. The third kappa shape index (κ3) is 3.00. The van der Waals surface area contributed by atoms with E-state index in [2.05, 4.69) is 16.8 Å². The lowest BCUT2D eigenvalue weighted by Crippen LogP contribution is -2.27. The first-order valence-electron chi connectivity index (χ1n) is 6.58. The Morgan fingerprint density at radius 3 is 2.89 bits per heavy atom. The summed E-state index contributed by atoms with van der Waals surface area (Å²) in [6.07, 6.45) is 1.19. The van der Waals surface area contributed by atoms with Gasteiger partial charge in [0.15, 0.2) is 0 Å². The highest BCUT2D eigenvalue weighted by atomic mass is 16.5.